The third-order valence-electron chi connectivity index (χ3n) is 3.26. The lowest BCUT2D eigenvalue weighted by Gasteiger charge is -2.21. The molecule has 0 aromatic carbocycles. The number of nitrogens with one attached hydrogen (secondary N) is 1. The van der Waals surface area contributed by atoms with Gasteiger partial charge in [-0.25, -0.2) is 9.50 Å². The molecule has 1 saturated heterocycles. The zero-order chi connectivity index (χ0) is 11.8. The first-order chi connectivity index (χ1) is 8.24. The number of aryl methyl sites for hydroxylation is 1. The van der Waals surface area contributed by atoms with Crippen molar-refractivity contribution in [2.45, 2.75) is 32.2 Å². The molecule has 4 nitrogen and oxygen atoms in total. The molecule has 7 heteroatoms. The second-order valence-corrected chi connectivity index (χ2v) is 4.95. The Bertz CT molecular complexity index is 510. The van der Waals surface area contributed by atoms with E-state index in [9.17, 15) is 0 Å². The minimum Gasteiger partial charge on any atom is -0.309 e. The van der Waals surface area contributed by atoms with Gasteiger partial charge in [0, 0.05) is 17.8 Å². The van der Waals surface area contributed by atoms with Gasteiger partial charge >= 0.3 is 0 Å². The highest BCUT2D eigenvalue weighted by Gasteiger charge is 2.18. The molecule has 0 spiro atoms. The van der Waals surface area contributed by atoms with Crippen LogP contribution in [0.2, 0.25) is 5.15 Å². The fraction of sp³-hybridized carbons (Fsp3) is 0.500. The summed E-state index contributed by atoms with van der Waals surface area (Å²) in [6.45, 7) is 3.01. The van der Waals surface area contributed by atoms with Crippen molar-refractivity contribution in [2.75, 3.05) is 6.54 Å². The number of hydrogen-bond donors (Lipinski definition) is 1. The van der Waals surface area contributed by atoms with E-state index in [1.165, 1.54) is 12.8 Å². The van der Waals surface area contributed by atoms with Crippen molar-refractivity contribution >= 4 is 42.1 Å². The molecule has 1 aliphatic heterocycles. The Labute approximate surface area is 129 Å². The van der Waals surface area contributed by atoms with Crippen molar-refractivity contribution in [2.24, 2.45) is 0 Å². The Kier molecular flexibility index (Phi) is 5.86. The molecule has 19 heavy (non-hydrogen) atoms. The van der Waals surface area contributed by atoms with Gasteiger partial charge in [-0.3, -0.25) is 0 Å². The fourth-order valence-electron chi connectivity index (χ4n) is 2.28. The van der Waals surface area contributed by atoms with Crippen molar-refractivity contribution in [3.8, 4) is 0 Å². The van der Waals surface area contributed by atoms with Crippen molar-refractivity contribution in [3.63, 3.8) is 0 Å². The van der Waals surface area contributed by atoms with Crippen molar-refractivity contribution in [3.05, 3.63) is 28.7 Å². The molecule has 3 heterocycles. The number of fused-ring (bicyclic) bond motifs is 1. The second kappa shape index (κ2) is 6.75. The lowest BCUT2D eigenvalue weighted by Crippen LogP contribution is -2.27. The summed E-state index contributed by atoms with van der Waals surface area (Å²) < 4.78 is 1.81. The summed E-state index contributed by atoms with van der Waals surface area (Å²) in [6.07, 6.45) is 5.60. The highest BCUT2D eigenvalue weighted by molar-refractivity contribution is 6.30. The summed E-state index contributed by atoms with van der Waals surface area (Å²) in [5.41, 5.74) is 2.84. The Morgan fingerprint density at radius 3 is 2.84 bits per heavy atom. The lowest BCUT2D eigenvalue weighted by molar-refractivity contribution is 0.404. The lowest BCUT2D eigenvalue weighted by atomic mass is 10.0. The first-order valence-electron chi connectivity index (χ1n) is 6.00. The summed E-state index contributed by atoms with van der Waals surface area (Å²) in [6, 6.07) is 2.39. The molecule has 106 valence electrons. The van der Waals surface area contributed by atoms with Crippen LogP contribution in [0.5, 0.6) is 0 Å². The summed E-state index contributed by atoms with van der Waals surface area (Å²) in [4.78, 5) is 4.33. The first kappa shape index (κ1) is 16.5. The molecule has 1 atom stereocenters. The van der Waals surface area contributed by atoms with Crippen LogP contribution in [0.3, 0.4) is 0 Å². The standard InChI is InChI=1S/C12H15ClN4.2ClH/c1-8-7-17-11(15-12(8)13)6-10(16-17)9-4-2-3-5-14-9;;/h6-7,9,14H,2-5H2,1H3;2*1H/t9-;;/m0../s1. The molecular weight excluding hydrogens is 307 g/mol. The van der Waals surface area contributed by atoms with Gasteiger partial charge in [0.1, 0.15) is 5.15 Å². The Morgan fingerprint density at radius 1 is 1.37 bits per heavy atom. The Morgan fingerprint density at radius 2 is 2.16 bits per heavy atom. The maximum Gasteiger partial charge on any atom is 0.157 e. The average molecular weight is 324 g/mol. The van der Waals surface area contributed by atoms with Crippen LogP contribution >= 0.6 is 36.4 Å². The van der Waals surface area contributed by atoms with Crippen molar-refractivity contribution in [1.82, 2.24) is 19.9 Å². The number of hydrogen-bond acceptors (Lipinski definition) is 3. The predicted octanol–water partition coefficient (Wildman–Crippen LogP) is 3.35. The summed E-state index contributed by atoms with van der Waals surface area (Å²) in [7, 11) is 0. The molecular formula is C12H17Cl3N4. The van der Waals surface area contributed by atoms with Gasteiger partial charge in [-0.2, -0.15) is 5.10 Å². The van der Waals surface area contributed by atoms with Gasteiger partial charge in [0.25, 0.3) is 0 Å². The number of piperidine rings is 1. The van der Waals surface area contributed by atoms with E-state index >= 15 is 0 Å². The van der Waals surface area contributed by atoms with Gasteiger partial charge in [0.15, 0.2) is 5.65 Å². The molecule has 3 rings (SSSR count). The van der Waals surface area contributed by atoms with Gasteiger partial charge in [0.05, 0.1) is 11.7 Å². The molecule has 0 aliphatic carbocycles. The van der Waals surface area contributed by atoms with Crippen LogP contribution in [0.4, 0.5) is 0 Å². The largest absolute Gasteiger partial charge is 0.309 e. The monoisotopic (exact) mass is 322 g/mol. The molecule has 2 aromatic rings. The minimum atomic E-state index is 0. The maximum absolute atomic E-state index is 6.01. The van der Waals surface area contributed by atoms with Crippen LogP contribution < -0.4 is 5.32 Å². The van der Waals surface area contributed by atoms with Crippen LogP contribution in [0.25, 0.3) is 5.65 Å². The molecule has 0 radical (unpaired) electrons. The highest BCUT2D eigenvalue weighted by atomic mass is 35.5. The zero-order valence-electron chi connectivity index (χ0n) is 10.6. The fourth-order valence-corrected chi connectivity index (χ4v) is 2.42. The summed E-state index contributed by atoms with van der Waals surface area (Å²) in [5, 5.41) is 8.62. The van der Waals surface area contributed by atoms with Gasteiger partial charge in [-0.15, -0.1) is 24.8 Å². The van der Waals surface area contributed by atoms with E-state index in [1.54, 1.807) is 0 Å². The van der Waals surface area contributed by atoms with E-state index in [4.69, 9.17) is 11.6 Å². The number of nitrogens with zero attached hydrogens (tertiary/aromatic N) is 3. The molecule has 1 fully saturated rings. The topological polar surface area (TPSA) is 42.2 Å². The van der Waals surface area contributed by atoms with Crippen LogP contribution in [0.1, 0.15) is 36.6 Å². The second-order valence-electron chi connectivity index (χ2n) is 4.59. The van der Waals surface area contributed by atoms with E-state index < -0.39 is 0 Å². The van der Waals surface area contributed by atoms with E-state index in [0.717, 1.165) is 29.9 Å². The number of aromatic nitrogens is 3. The van der Waals surface area contributed by atoms with E-state index in [2.05, 4.69) is 15.4 Å². The van der Waals surface area contributed by atoms with Crippen LogP contribution in [-0.2, 0) is 0 Å². The van der Waals surface area contributed by atoms with Crippen LogP contribution in [0, 0.1) is 6.92 Å². The van der Waals surface area contributed by atoms with Crippen molar-refractivity contribution < 1.29 is 0 Å². The molecule has 0 unspecified atom stereocenters. The molecule has 0 amide bonds. The molecule has 1 N–H and O–H groups in total. The molecule has 1 aliphatic rings. The van der Waals surface area contributed by atoms with Crippen molar-refractivity contribution in [1.29, 1.82) is 0 Å². The average Bonchev–Trinajstić information content (AvgIpc) is 2.74. The number of rotatable bonds is 1. The van der Waals surface area contributed by atoms with Gasteiger partial charge in [-0.1, -0.05) is 18.0 Å². The van der Waals surface area contributed by atoms with E-state index in [0.29, 0.717) is 11.2 Å². The minimum absolute atomic E-state index is 0. The predicted molar refractivity (Wildman–Crippen MR) is 81.8 cm³/mol. The third-order valence-corrected chi connectivity index (χ3v) is 3.64. The first-order valence-corrected chi connectivity index (χ1v) is 6.37. The molecule has 0 saturated carbocycles. The molecule has 0 bridgehead atoms. The summed E-state index contributed by atoms with van der Waals surface area (Å²) in [5.74, 6) is 0. The van der Waals surface area contributed by atoms with E-state index in [1.807, 2.05) is 23.7 Å². The highest BCUT2D eigenvalue weighted by Crippen LogP contribution is 2.23. The zero-order valence-corrected chi connectivity index (χ0v) is 13.0. The Hall–Kier alpha value is -0.550. The summed E-state index contributed by atoms with van der Waals surface area (Å²) >= 11 is 6.01. The van der Waals surface area contributed by atoms with Crippen LogP contribution in [-0.4, -0.2) is 21.1 Å². The SMILES string of the molecule is Cc1cn2nc([C@@H]3CCCCN3)cc2nc1Cl.Cl.Cl. The molecule has 2 aromatic heterocycles. The van der Waals surface area contributed by atoms with Gasteiger partial charge in [-0.05, 0) is 26.3 Å². The smallest absolute Gasteiger partial charge is 0.157 e. The maximum atomic E-state index is 6.01. The van der Waals surface area contributed by atoms with Gasteiger partial charge < -0.3 is 5.32 Å². The third kappa shape index (κ3) is 3.31. The quantitative estimate of drug-likeness (QED) is 0.818. The van der Waals surface area contributed by atoms with E-state index in [-0.39, 0.29) is 24.8 Å². The van der Waals surface area contributed by atoms with Crippen LogP contribution in [0.15, 0.2) is 12.3 Å². The van der Waals surface area contributed by atoms with Gasteiger partial charge in [0.2, 0.25) is 0 Å². The normalized spacial score (nSPS) is 18.7. The Balaban J connectivity index is 0.000000902. The number of halogens is 3.